The van der Waals surface area contributed by atoms with Gasteiger partial charge in [-0.3, -0.25) is 0 Å². The van der Waals surface area contributed by atoms with Crippen molar-refractivity contribution >= 4 is 11.8 Å². The van der Waals surface area contributed by atoms with Crippen LogP contribution in [0.2, 0.25) is 0 Å². The highest BCUT2D eigenvalue weighted by Gasteiger charge is 2.00. The fourth-order valence-electron chi connectivity index (χ4n) is 0.641. The van der Waals surface area contributed by atoms with Gasteiger partial charge < -0.3 is 5.48 Å². The lowest BCUT2D eigenvalue weighted by Crippen LogP contribution is -1.81. The highest BCUT2D eigenvalue weighted by atomic mass is 32.2. The van der Waals surface area contributed by atoms with E-state index in [0.717, 1.165) is 6.07 Å². The number of benzene rings is 1. The molecule has 0 aliphatic carbocycles. The fraction of sp³-hybridized carbons (Fsp3) is 0.143. The predicted molar refractivity (Wildman–Crippen MR) is 43.9 cm³/mol. The van der Waals surface area contributed by atoms with Crippen LogP contribution in [-0.2, 0) is 0 Å². The van der Waals surface area contributed by atoms with Crippen molar-refractivity contribution in [3.63, 3.8) is 0 Å². The number of halogens is 2. The van der Waals surface area contributed by atoms with Crippen LogP contribution in [0.25, 0.3) is 0 Å². The van der Waals surface area contributed by atoms with Gasteiger partial charge in [0.1, 0.15) is 11.6 Å². The van der Waals surface area contributed by atoms with Crippen LogP contribution in [0, 0.1) is 11.6 Å². The van der Waals surface area contributed by atoms with Gasteiger partial charge in [-0.05, 0) is 18.4 Å². The lowest BCUT2D eigenvalue weighted by atomic mass is 10.3. The zero-order valence-electron chi connectivity index (χ0n) is 5.90. The van der Waals surface area contributed by atoms with Gasteiger partial charge in [-0.15, -0.1) is 11.8 Å². The van der Waals surface area contributed by atoms with Gasteiger partial charge in [-0.1, -0.05) is 0 Å². The van der Waals surface area contributed by atoms with E-state index in [2.05, 4.69) is 0 Å². The van der Waals surface area contributed by atoms with Crippen LogP contribution in [0.5, 0.6) is 0 Å². The van der Waals surface area contributed by atoms with Gasteiger partial charge in [0.05, 0.1) is 0 Å². The SMILES string of the molecule is CSc1ccc(F)cc1F.O.[HH]. The van der Waals surface area contributed by atoms with E-state index >= 15 is 0 Å². The minimum atomic E-state index is -0.532. The van der Waals surface area contributed by atoms with Gasteiger partial charge in [-0.2, -0.15) is 0 Å². The molecule has 0 saturated heterocycles. The summed E-state index contributed by atoms with van der Waals surface area (Å²) in [7, 11) is 0. The largest absolute Gasteiger partial charge is 0.412 e. The molecule has 0 bridgehead atoms. The molecule has 0 heterocycles. The lowest BCUT2D eigenvalue weighted by Gasteiger charge is -1.96. The summed E-state index contributed by atoms with van der Waals surface area (Å²) < 4.78 is 24.8. The van der Waals surface area contributed by atoms with Crippen LogP contribution in [0.3, 0.4) is 0 Å². The van der Waals surface area contributed by atoms with Crippen molar-refractivity contribution < 1.29 is 15.7 Å². The van der Waals surface area contributed by atoms with E-state index in [-0.39, 0.29) is 6.90 Å². The Hall–Kier alpha value is -0.610. The summed E-state index contributed by atoms with van der Waals surface area (Å²) >= 11 is 1.26. The Balaban J connectivity index is 0. The Morgan fingerprint density at radius 2 is 2.00 bits per heavy atom. The molecule has 0 saturated carbocycles. The number of rotatable bonds is 1. The molecule has 1 nitrogen and oxygen atoms in total. The molecule has 4 heteroatoms. The molecule has 1 rings (SSSR count). The summed E-state index contributed by atoms with van der Waals surface area (Å²) in [4.78, 5) is 0.474. The molecule has 0 aromatic heterocycles. The first-order valence-electron chi connectivity index (χ1n) is 2.73. The molecule has 0 aliphatic rings. The number of thioether (sulfide) groups is 1. The Labute approximate surface area is 69.2 Å². The molecular weight excluding hydrogens is 170 g/mol. The van der Waals surface area contributed by atoms with E-state index in [1.54, 1.807) is 6.26 Å². The quantitative estimate of drug-likeness (QED) is 0.609. The fourth-order valence-corrected chi connectivity index (χ4v) is 1.10. The van der Waals surface area contributed by atoms with Crippen molar-refractivity contribution in [2.24, 2.45) is 0 Å². The van der Waals surface area contributed by atoms with Crippen molar-refractivity contribution in [2.45, 2.75) is 4.90 Å². The Kier molecular flexibility index (Phi) is 4.07. The maximum atomic E-state index is 12.6. The Bertz CT molecular complexity index is 245. The molecule has 0 fully saturated rings. The topological polar surface area (TPSA) is 31.5 Å². The first-order chi connectivity index (χ1) is 4.74. The third-order valence-electron chi connectivity index (χ3n) is 1.11. The second kappa shape index (κ2) is 4.31. The van der Waals surface area contributed by atoms with Crippen LogP contribution in [0.15, 0.2) is 23.1 Å². The number of hydrogen-bond donors (Lipinski definition) is 0. The van der Waals surface area contributed by atoms with E-state index in [9.17, 15) is 8.78 Å². The van der Waals surface area contributed by atoms with Gasteiger partial charge >= 0.3 is 0 Å². The third kappa shape index (κ3) is 2.48. The zero-order valence-corrected chi connectivity index (χ0v) is 6.71. The maximum absolute atomic E-state index is 12.6. The van der Waals surface area contributed by atoms with Crippen molar-refractivity contribution in [3.05, 3.63) is 29.8 Å². The van der Waals surface area contributed by atoms with Crippen LogP contribution in [0.4, 0.5) is 8.78 Å². The van der Waals surface area contributed by atoms with Gasteiger partial charge in [-0.25, -0.2) is 8.78 Å². The van der Waals surface area contributed by atoms with E-state index in [4.69, 9.17) is 0 Å². The first kappa shape index (κ1) is 10.4. The number of hydrogen-bond acceptors (Lipinski definition) is 1. The second-order valence-corrected chi connectivity index (χ2v) is 2.63. The molecule has 1 aromatic rings. The molecule has 1 aromatic carbocycles. The summed E-state index contributed by atoms with van der Waals surface area (Å²) in [6, 6.07) is 3.55. The Morgan fingerprint density at radius 3 is 2.45 bits per heavy atom. The molecule has 2 N–H and O–H groups in total. The van der Waals surface area contributed by atoms with Crippen LogP contribution in [-0.4, -0.2) is 11.7 Å². The average molecular weight is 180 g/mol. The van der Waals surface area contributed by atoms with Crippen molar-refractivity contribution in [2.75, 3.05) is 6.26 Å². The van der Waals surface area contributed by atoms with Gasteiger partial charge in [0.2, 0.25) is 0 Å². The predicted octanol–water partition coefficient (Wildman–Crippen LogP) is 2.11. The van der Waals surface area contributed by atoms with E-state index in [1.807, 2.05) is 0 Å². The Morgan fingerprint density at radius 1 is 1.36 bits per heavy atom. The molecular formula is C7H10F2OS. The molecule has 0 amide bonds. The first-order valence-corrected chi connectivity index (χ1v) is 3.95. The average Bonchev–Trinajstić information content (AvgIpc) is 1.88. The maximum Gasteiger partial charge on any atom is 0.139 e. The smallest absolute Gasteiger partial charge is 0.139 e. The van der Waals surface area contributed by atoms with Crippen molar-refractivity contribution in [3.8, 4) is 0 Å². The van der Waals surface area contributed by atoms with Crippen LogP contribution in [0.1, 0.15) is 1.43 Å². The molecule has 0 atom stereocenters. The summed E-state index contributed by atoms with van der Waals surface area (Å²) in [6.45, 7) is 0. The van der Waals surface area contributed by atoms with Crippen LogP contribution >= 0.6 is 11.8 Å². The van der Waals surface area contributed by atoms with E-state index < -0.39 is 11.6 Å². The molecule has 0 unspecified atom stereocenters. The van der Waals surface area contributed by atoms with Gasteiger partial charge in [0.25, 0.3) is 0 Å². The van der Waals surface area contributed by atoms with Gasteiger partial charge in [0.15, 0.2) is 0 Å². The van der Waals surface area contributed by atoms with Crippen LogP contribution < -0.4 is 0 Å². The highest BCUT2D eigenvalue weighted by molar-refractivity contribution is 7.98. The van der Waals surface area contributed by atoms with E-state index in [0.29, 0.717) is 4.90 Å². The molecule has 0 aliphatic heterocycles. The molecule has 64 valence electrons. The molecule has 0 spiro atoms. The second-order valence-electron chi connectivity index (χ2n) is 1.78. The minimum Gasteiger partial charge on any atom is -0.412 e. The van der Waals surface area contributed by atoms with Crippen molar-refractivity contribution in [1.29, 1.82) is 0 Å². The molecule has 0 radical (unpaired) electrons. The lowest BCUT2D eigenvalue weighted by molar-refractivity contribution is 0.566. The van der Waals surface area contributed by atoms with Gasteiger partial charge in [0, 0.05) is 12.4 Å². The minimum absolute atomic E-state index is 0. The monoisotopic (exact) mass is 180 g/mol. The standard InChI is InChI=1S/C7H6F2S.H2O.H2/c1-10-7-3-2-5(8)4-6(7)9;;/h2-4H,1H3;1H2;1H. The summed E-state index contributed by atoms with van der Waals surface area (Å²) in [5, 5.41) is 0. The van der Waals surface area contributed by atoms with E-state index in [1.165, 1.54) is 23.9 Å². The summed E-state index contributed by atoms with van der Waals surface area (Å²) in [5.74, 6) is -1.03. The summed E-state index contributed by atoms with van der Waals surface area (Å²) in [6.07, 6.45) is 1.75. The van der Waals surface area contributed by atoms with Crippen molar-refractivity contribution in [1.82, 2.24) is 0 Å². The normalized spacial score (nSPS) is 9.00. The summed E-state index contributed by atoms with van der Waals surface area (Å²) in [5.41, 5.74) is 0. The molecule has 11 heavy (non-hydrogen) atoms. The highest BCUT2D eigenvalue weighted by Crippen LogP contribution is 2.18. The zero-order chi connectivity index (χ0) is 7.56. The third-order valence-corrected chi connectivity index (χ3v) is 1.88.